The summed E-state index contributed by atoms with van der Waals surface area (Å²) in [5, 5.41) is 6.71. The summed E-state index contributed by atoms with van der Waals surface area (Å²) in [6.45, 7) is 4.20. The van der Waals surface area contributed by atoms with E-state index in [1.165, 1.54) is 0 Å². The average Bonchev–Trinajstić information content (AvgIpc) is 2.50. The van der Waals surface area contributed by atoms with E-state index in [-0.39, 0.29) is 12.2 Å². The van der Waals surface area contributed by atoms with Crippen LogP contribution in [0.3, 0.4) is 0 Å². The number of aromatic nitrogens is 2. The lowest BCUT2D eigenvalue weighted by molar-refractivity contribution is 0.116. The first kappa shape index (κ1) is 11.6. The lowest BCUT2D eigenvalue weighted by Gasteiger charge is -2.09. The number of alkyl carbamates (subject to hydrolysis) is 1. The molecule has 0 radical (unpaired) electrons. The first-order chi connectivity index (χ1) is 7.09. The Morgan fingerprint density at radius 3 is 2.93 bits per heavy atom. The Morgan fingerprint density at radius 1 is 1.67 bits per heavy atom. The molecule has 0 aliphatic heterocycles. The van der Waals surface area contributed by atoms with E-state index in [0.29, 0.717) is 6.54 Å². The molecule has 0 aromatic carbocycles. The number of rotatable bonds is 4. The van der Waals surface area contributed by atoms with E-state index in [1.807, 2.05) is 27.0 Å². The van der Waals surface area contributed by atoms with Crippen LogP contribution in [0.4, 0.5) is 4.79 Å². The summed E-state index contributed by atoms with van der Waals surface area (Å²) in [5.74, 6) is 0. The van der Waals surface area contributed by atoms with Gasteiger partial charge in [0, 0.05) is 31.9 Å². The van der Waals surface area contributed by atoms with Gasteiger partial charge in [0.15, 0.2) is 0 Å². The molecule has 0 saturated carbocycles. The molecule has 5 nitrogen and oxygen atoms in total. The molecular weight excluding hydrogens is 194 g/mol. The Balaban J connectivity index is 2.22. The minimum Gasteiger partial charge on any atom is -0.447 e. The number of amides is 1. The number of hydrogen-bond donors (Lipinski definition) is 1. The van der Waals surface area contributed by atoms with E-state index in [1.54, 1.807) is 10.9 Å². The van der Waals surface area contributed by atoms with Crippen LogP contribution in [0.1, 0.15) is 19.5 Å². The molecule has 0 aliphatic carbocycles. The maximum atomic E-state index is 11.1. The summed E-state index contributed by atoms with van der Waals surface area (Å²) < 4.78 is 6.71. The van der Waals surface area contributed by atoms with E-state index in [4.69, 9.17) is 4.74 Å². The van der Waals surface area contributed by atoms with Crippen LogP contribution >= 0.6 is 0 Å². The lowest BCUT2D eigenvalue weighted by atomic mass is 10.3. The molecule has 1 aromatic heterocycles. The quantitative estimate of drug-likeness (QED) is 0.811. The van der Waals surface area contributed by atoms with Gasteiger partial charge in [0.2, 0.25) is 0 Å². The van der Waals surface area contributed by atoms with E-state index >= 15 is 0 Å². The van der Waals surface area contributed by atoms with Crippen molar-refractivity contribution in [3.05, 3.63) is 18.0 Å². The maximum absolute atomic E-state index is 11.1. The first-order valence-electron chi connectivity index (χ1n) is 5.01. The molecule has 0 atom stereocenters. The van der Waals surface area contributed by atoms with Crippen molar-refractivity contribution >= 4 is 6.09 Å². The SMILES string of the molecule is CC(C)OC(=O)NCCc1ccnn1C. The van der Waals surface area contributed by atoms with E-state index in [9.17, 15) is 4.79 Å². The summed E-state index contributed by atoms with van der Waals surface area (Å²) in [4.78, 5) is 11.1. The molecular formula is C10H17N3O2. The highest BCUT2D eigenvalue weighted by atomic mass is 16.6. The minimum atomic E-state index is -0.368. The second kappa shape index (κ2) is 5.38. The molecule has 0 spiro atoms. The Hall–Kier alpha value is -1.52. The predicted molar refractivity (Wildman–Crippen MR) is 56.5 cm³/mol. The van der Waals surface area contributed by atoms with E-state index < -0.39 is 0 Å². The van der Waals surface area contributed by atoms with Gasteiger partial charge in [-0.05, 0) is 19.9 Å². The summed E-state index contributed by atoms with van der Waals surface area (Å²) >= 11 is 0. The molecule has 1 heterocycles. The fourth-order valence-corrected chi connectivity index (χ4v) is 1.19. The van der Waals surface area contributed by atoms with Crippen molar-refractivity contribution in [3.8, 4) is 0 Å². The van der Waals surface area contributed by atoms with Gasteiger partial charge in [-0.25, -0.2) is 4.79 Å². The Bertz CT molecular complexity index is 320. The van der Waals surface area contributed by atoms with Crippen LogP contribution in [0, 0.1) is 0 Å². The van der Waals surface area contributed by atoms with Crippen LogP contribution in [0.2, 0.25) is 0 Å². The third-order valence-electron chi connectivity index (χ3n) is 1.92. The highest BCUT2D eigenvalue weighted by molar-refractivity contribution is 5.67. The van der Waals surface area contributed by atoms with Crippen molar-refractivity contribution in [1.82, 2.24) is 15.1 Å². The standard InChI is InChI=1S/C10H17N3O2/c1-8(2)15-10(14)11-6-4-9-5-7-12-13(9)3/h5,7-8H,4,6H2,1-3H3,(H,11,14). The van der Waals surface area contributed by atoms with Crippen LogP contribution in [-0.4, -0.2) is 28.5 Å². The average molecular weight is 211 g/mol. The number of carbonyl (C=O) groups is 1. The minimum absolute atomic E-state index is 0.0818. The van der Waals surface area contributed by atoms with Crippen molar-refractivity contribution in [2.75, 3.05) is 6.54 Å². The van der Waals surface area contributed by atoms with Crippen LogP contribution in [0.25, 0.3) is 0 Å². The van der Waals surface area contributed by atoms with Crippen molar-refractivity contribution < 1.29 is 9.53 Å². The van der Waals surface area contributed by atoms with Crippen LogP contribution in [0.15, 0.2) is 12.3 Å². The number of aryl methyl sites for hydroxylation is 1. The zero-order chi connectivity index (χ0) is 11.3. The van der Waals surface area contributed by atoms with Crippen LogP contribution in [-0.2, 0) is 18.2 Å². The molecule has 0 saturated heterocycles. The highest BCUT2D eigenvalue weighted by Gasteiger charge is 2.04. The van der Waals surface area contributed by atoms with Crippen molar-refractivity contribution in [2.45, 2.75) is 26.4 Å². The fourth-order valence-electron chi connectivity index (χ4n) is 1.19. The number of hydrogen-bond acceptors (Lipinski definition) is 3. The molecule has 1 rings (SSSR count). The molecule has 1 amide bonds. The largest absolute Gasteiger partial charge is 0.447 e. The van der Waals surface area contributed by atoms with Crippen molar-refractivity contribution in [3.63, 3.8) is 0 Å². The van der Waals surface area contributed by atoms with Gasteiger partial charge in [-0.3, -0.25) is 4.68 Å². The van der Waals surface area contributed by atoms with E-state index in [0.717, 1.165) is 12.1 Å². The fraction of sp³-hybridized carbons (Fsp3) is 0.600. The van der Waals surface area contributed by atoms with Gasteiger partial charge >= 0.3 is 6.09 Å². The Morgan fingerprint density at radius 2 is 2.40 bits per heavy atom. The second-order valence-corrected chi connectivity index (χ2v) is 3.58. The zero-order valence-electron chi connectivity index (χ0n) is 9.36. The van der Waals surface area contributed by atoms with E-state index in [2.05, 4.69) is 10.4 Å². The highest BCUT2D eigenvalue weighted by Crippen LogP contribution is 1.96. The number of ether oxygens (including phenoxy) is 1. The molecule has 0 fully saturated rings. The summed E-state index contributed by atoms with van der Waals surface area (Å²) in [7, 11) is 1.88. The third-order valence-corrected chi connectivity index (χ3v) is 1.92. The Kier molecular flexibility index (Phi) is 4.15. The Labute approximate surface area is 89.4 Å². The number of carbonyl (C=O) groups excluding carboxylic acids is 1. The summed E-state index contributed by atoms with van der Waals surface area (Å²) in [6.07, 6.45) is 2.04. The molecule has 0 aliphatic rings. The molecule has 15 heavy (non-hydrogen) atoms. The normalized spacial score (nSPS) is 10.4. The molecule has 1 N–H and O–H groups in total. The van der Waals surface area contributed by atoms with Gasteiger partial charge in [-0.2, -0.15) is 5.10 Å². The van der Waals surface area contributed by atoms with Crippen molar-refractivity contribution in [1.29, 1.82) is 0 Å². The van der Waals surface area contributed by atoms with Gasteiger partial charge in [0.1, 0.15) is 0 Å². The van der Waals surface area contributed by atoms with Crippen LogP contribution in [0.5, 0.6) is 0 Å². The number of nitrogens with zero attached hydrogens (tertiary/aromatic N) is 2. The summed E-state index contributed by atoms with van der Waals surface area (Å²) in [5.41, 5.74) is 1.08. The van der Waals surface area contributed by atoms with Gasteiger partial charge in [-0.1, -0.05) is 0 Å². The third kappa shape index (κ3) is 4.01. The topological polar surface area (TPSA) is 56.1 Å². The van der Waals surface area contributed by atoms with Crippen LogP contribution < -0.4 is 5.32 Å². The molecule has 0 unspecified atom stereocenters. The molecule has 1 aromatic rings. The first-order valence-corrected chi connectivity index (χ1v) is 5.01. The smallest absolute Gasteiger partial charge is 0.407 e. The lowest BCUT2D eigenvalue weighted by Crippen LogP contribution is -2.28. The molecule has 84 valence electrons. The zero-order valence-corrected chi connectivity index (χ0v) is 9.36. The van der Waals surface area contributed by atoms with Gasteiger partial charge in [-0.15, -0.1) is 0 Å². The molecule has 0 bridgehead atoms. The van der Waals surface area contributed by atoms with Gasteiger partial charge in [0.05, 0.1) is 6.10 Å². The predicted octanol–water partition coefficient (Wildman–Crippen LogP) is 1.10. The van der Waals surface area contributed by atoms with Gasteiger partial charge in [0.25, 0.3) is 0 Å². The van der Waals surface area contributed by atoms with Crippen molar-refractivity contribution in [2.24, 2.45) is 7.05 Å². The second-order valence-electron chi connectivity index (χ2n) is 3.58. The number of nitrogens with one attached hydrogen (secondary N) is 1. The van der Waals surface area contributed by atoms with Gasteiger partial charge < -0.3 is 10.1 Å². The maximum Gasteiger partial charge on any atom is 0.407 e. The summed E-state index contributed by atoms with van der Waals surface area (Å²) in [6, 6.07) is 1.93. The monoisotopic (exact) mass is 211 g/mol. The molecule has 5 heteroatoms.